The van der Waals surface area contributed by atoms with Crippen molar-refractivity contribution in [2.24, 2.45) is 18.5 Å². The lowest BCUT2D eigenvalue weighted by Crippen LogP contribution is -2.21. The van der Waals surface area contributed by atoms with E-state index in [4.69, 9.17) is 28.4 Å². The predicted molar refractivity (Wildman–Crippen MR) is 72.3 cm³/mol. The number of anilines is 1. The normalized spacial score (nSPS) is 10.3. The molecule has 1 amide bonds. The number of amides is 1. The monoisotopic (exact) mass is 271 g/mol. The highest BCUT2D eigenvalue weighted by Crippen LogP contribution is 2.17. The van der Waals surface area contributed by atoms with Gasteiger partial charge in [0.1, 0.15) is 17.4 Å². The molecule has 0 atom stereocenters. The van der Waals surface area contributed by atoms with Crippen LogP contribution in [0.4, 0.5) is 5.82 Å². The van der Waals surface area contributed by atoms with Crippen LogP contribution >= 0.6 is 12.2 Å². The molecule has 0 bridgehead atoms. The van der Waals surface area contributed by atoms with Crippen molar-refractivity contribution in [3.05, 3.63) is 11.3 Å². The van der Waals surface area contributed by atoms with Crippen LogP contribution in [0.2, 0.25) is 0 Å². The Kier molecular flexibility index (Phi) is 5.05. The molecule has 100 valence electrons. The van der Waals surface area contributed by atoms with E-state index < -0.39 is 5.91 Å². The Morgan fingerprint density at radius 3 is 2.78 bits per heavy atom. The van der Waals surface area contributed by atoms with Crippen molar-refractivity contribution in [1.82, 2.24) is 9.78 Å². The summed E-state index contributed by atoms with van der Waals surface area (Å²) < 4.78 is 6.70. The number of aryl methyl sites for hydroxylation is 2. The van der Waals surface area contributed by atoms with Gasteiger partial charge in [-0.25, -0.2) is 0 Å². The number of nitrogens with two attached hydrogens (primary N) is 2. The molecule has 0 aliphatic carbocycles. The van der Waals surface area contributed by atoms with Gasteiger partial charge < -0.3 is 21.5 Å². The number of rotatable bonds is 7. The maximum absolute atomic E-state index is 10.5. The van der Waals surface area contributed by atoms with E-state index in [1.807, 2.05) is 6.92 Å². The number of aromatic nitrogens is 2. The fourth-order valence-electron chi connectivity index (χ4n) is 1.57. The largest absolute Gasteiger partial charge is 0.389 e. The Morgan fingerprint density at radius 2 is 2.22 bits per heavy atom. The van der Waals surface area contributed by atoms with Gasteiger partial charge in [-0.3, -0.25) is 9.48 Å². The van der Waals surface area contributed by atoms with Gasteiger partial charge in [0.25, 0.3) is 0 Å². The van der Waals surface area contributed by atoms with Crippen molar-refractivity contribution < 1.29 is 9.53 Å². The molecule has 7 nitrogen and oxygen atoms in total. The Morgan fingerprint density at radius 1 is 1.56 bits per heavy atom. The topological polar surface area (TPSA) is 108 Å². The molecule has 0 spiro atoms. The molecule has 1 rings (SSSR count). The minimum absolute atomic E-state index is 0.0890. The van der Waals surface area contributed by atoms with E-state index in [0.29, 0.717) is 18.1 Å². The fraction of sp³-hybridized carbons (Fsp3) is 0.500. The SMILES string of the molecule is Cc1nn(C)c(NCCOCC(N)=O)c1C(N)=S. The van der Waals surface area contributed by atoms with Crippen LogP contribution in [-0.4, -0.2) is 40.4 Å². The molecule has 0 saturated carbocycles. The van der Waals surface area contributed by atoms with E-state index in [-0.39, 0.29) is 6.61 Å². The van der Waals surface area contributed by atoms with Crippen LogP contribution in [0.15, 0.2) is 0 Å². The quantitative estimate of drug-likeness (QED) is 0.446. The van der Waals surface area contributed by atoms with Gasteiger partial charge in [0.2, 0.25) is 5.91 Å². The first-order valence-corrected chi connectivity index (χ1v) is 5.77. The first kappa shape index (κ1) is 14.4. The van der Waals surface area contributed by atoms with Crippen LogP contribution in [0.1, 0.15) is 11.3 Å². The molecule has 5 N–H and O–H groups in total. The molecule has 0 aromatic carbocycles. The van der Waals surface area contributed by atoms with Gasteiger partial charge in [0.05, 0.1) is 17.9 Å². The Bertz CT molecular complexity index is 457. The maximum Gasteiger partial charge on any atom is 0.243 e. The van der Waals surface area contributed by atoms with Crippen molar-refractivity contribution >= 4 is 28.9 Å². The minimum Gasteiger partial charge on any atom is -0.389 e. The summed E-state index contributed by atoms with van der Waals surface area (Å²) in [7, 11) is 1.79. The smallest absolute Gasteiger partial charge is 0.243 e. The highest BCUT2D eigenvalue weighted by molar-refractivity contribution is 7.80. The van der Waals surface area contributed by atoms with Crippen molar-refractivity contribution in [2.75, 3.05) is 25.1 Å². The number of nitrogens with one attached hydrogen (secondary N) is 1. The van der Waals surface area contributed by atoms with E-state index in [1.54, 1.807) is 11.7 Å². The highest BCUT2D eigenvalue weighted by Gasteiger charge is 2.14. The van der Waals surface area contributed by atoms with Gasteiger partial charge in [-0.1, -0.05) is 12.2 Å². The molecule has 0 aliphatic rings. The van der Waals surface area contributed by atoms with Crippen molar-refractivity contribution in [2.45, 2.75) is 6.92 Å². The standard InChI is InChI=1S/C10H17N5O2S/c1-6-8(9(12)18)10(15(2)14-6)13-3-4-17-5-7(11)16/h13H,3-5H2,1-2H3,(H2,11,16)(H2,12,18). The first-order valence-electron chi connectivity index (χ1n) is 5.36. The summed E-state index contributed by atoms with van der Waals surface area (Å²) in [6.45, 7) is 2.60. The third kappa shape index (κ3) is 3.67. The predicted octanol–water partition coefficient (Wildman–Crippen LogP) is -0.723. The van der Waals surface area contributed by atoms with E-state index in [1.165, 1.54) is 0 Å². The molecule has 1 aromatic heterocycles. The summed E-state index contributed by atoms with van der Waals surface area (Å²) in [4.78, 5) is 10.8. The number of carbonyl (C=O) groups excluding carboxylic acids is 1. The number of ether oxygens (including phenoxy) is 1. The lowest BCUT2D eigenvalue weighted by atomic mass is 10.2. The van der Waals surface area contributed by atoms with Crippen LogP contribution in [0.3, 0.4) is 0 Å². The minimum atomic E-state index is -0.491. The third-order valence-electron chi connectivity index (χ3n) is 2.25. The number of hydrogen-bond donors (Lipinski definition) is 3. The van der Waals surface area contributed by atoms with E-state index in [9.17, 15) is 4.79 Å². The van der Waals surface area contributed by atoms with E-state index >= 15 is 0 Å². The van der Waals surface area contributed by atoms with E-state index in [0.717, 1.165) is 17.1 Å². The van der Waals surface area contributed by atoms with Gasteiger partial charge in [0, 0.05) is 13.6 Å². The first-order chi connectivity index (χ1) is 8.43. The Hall–Kier alpha value is -1.67. The van der Waals surface area contributed by atoms with Crippen molar-refractivity contribution in [3.63, 3.8) is 0 Å². The third-order valence-corrected chi connectivity index (χ3v) is 2.46. The molecule has 8 heteroatoms. The molecular weight excluding hydrogens is 254 g/mol. The number of nitrogens with zero attached hydrogens (tertiary/aromatic N) is 2. The Balaban J connectivity index is 2.56. The molecule has 1 aromatic rings. The summed E-state index contributed by atoms with van der Waals surface area (Å²) in [6.07, 6.45) is 0. The lowest BCUT2D eigenvalue weighted by molar-refractivity contribution is -0.122. The molecule has 0 radical (unpaired) electrons. The summed E-state index contributed by atoms with van der Waals surface area (Å²) in [5, 5.41) is 7.34. The highest BCUT2D eigenvalue weighted by atomic mass is 32.1. The van der Waals surface area contributed by atoms with Crippen LogP contribution < -0.4 is 16.8 Å². The van der Waals surface area contributed by atoms with Gasteiger partial charge in [-0.2, -0.15) is 5.10 Å². The second-order valence-electron chi connectivity index (χ2n) is 3.74. The zero-order valence-electron chi connectivity index (χ0n) is 10.4. The van der Waals surface area contributed by atoms with Crippen LogP contribution in [0.25, 0.3) is 0 Å². The lowest BCUT2D eigenvalue weighted by Gasteiger charge is -2.09. The average Bonchev–Trinajstić information content (AvgIpc) is 2.52. The average molecular weight is 271 g/mol. The fourth-order valence-corrected chi connectivity index (χ4v) is 1.81. The van der Waals surface area contributed by atoms with Crippen LogP contribution in [0, 0.1) is 6.92 Å². The Labute approximate surface area is 110 Å². The second-order valence-corrected chi connectivity index (χ2v) is 4.18. The van der Waals surface area contributed by atoms with Crippen molar-refractivity contribution in [1.29, 1.82) is 0 Å². The molecular formula is C10H17N5O2S. The molecule has 18 heavy (non-hydrogen) atoms. The maximum atomic E-state index is 10.5. The van der Waals surface area contributed by atoms with Crippen LogP contribution in [-0.2, 0) is 16.6 Å². The van der Waals surface area contributed by atoms with Gasteiger partial charge in [0.15, 0.2) is 0 Å². The zero-order valence-corrected chi connectivity index (χ0v) is 11.2. The second kappa shape index (κ2) is 6.31. The number of thiocarbonyl (C=S) groups is 1. The van der Waals surface area contributed by atoms with Gasteiger partial charge in [-0.15, -0.1) is 0 Å². The molecule has 0 unspecified atom stereocenters. The molecule has 0 aliphatic heterocycles. The summed E-state index contributed by atoms with van der Waals surface area (Å²) in [6, 6.07) is 0. The number of primary amides is 1. The van der Waals surface area contributed by atoms with Crippen LogP contribution in [0.5, 0.6) is 0 Å². The number of carbonyl (C=O) groups is 1. The summed E-state index contributed by atoms with van der Waals surface area (Å²) >= 11 is 4.98. The van der Waals surface area contributed by atoms with E-state index in [2.05, 4.69) is 10.4 Å². The van der Waals surface area contributed by atoms with Gasteiger partial charge in [-0.05, 0) is 6.92 Å². The summed E-state index contributed by atoms with van der Waals surface area (Å²) in [5.74, 6) is 0.248. The zero-order chi connectivity index (χ0) is 13.7. The summed E-state index contributed by atoms with van der Waals surface area (Å²) in [5.41, 5.74) is 12.1. The van der Waals surface area contributed by atoms with Gasteiger partial charge >= 0.3 is 0 Å². The molecule has 0 saturated heterocycles. The number of hydrogen-bond acceptors (Lipinski definition) is 5. The molecule has 1 heterocycles. The van der Waals surface area contributed by atoms with Crippen molar-refractivity contribution in [3.8, 4) is 0 Å². The molecule has 0 fully saturated rings.